The maximum atomic E-state index is 3.24. The molecule has 0 unspecified atom stereocenters. The average Bonchev–Trinajstić information content (AvgIpc) is 2.83. The highest BCUT2D eigenvalue weighted by Gasteiger charge is 2.11. The molecule has 0 saturated carbocycles. The lowest BCUT2D eigenvalue weighted by Crippen LogP contribution is -2.09. The summed E-state index contributed by atoms with van der Waals surface area (Å²) in [7, 11) is 2.02. The molecule has 1 heterocycles. The Hall–Kier alpha value is -1.28. The molecule has 0 bridgehead atoms. The van der Waals surface area contributed by atoms with Gasteiger partial charge in [-0.2, -0.15) is 0 Å². The monoisotopic (exact) mass is 272 g/mol. The van der Waals surface area contributed by atoms with Gasteiger partial charge in [-0.25, -0.2) is 0 Å². The summed E-state index contributed by atoms with van der Waals surface area (Å²) < 4.78 is 2.47. The molecule has 0 amide bonds. The number of hydrogen-bond donors (Lipinski definition) is 1. The number of hydrogen-bond acceptors (Lipinski definition) is 1. The first kappa shape index (κ1) is 15.1. The van der Waals surface area contributed by atoms with Crippen LogP contribution in [0.4, 0.5) is 0 Å². The smallest absolute Gasteiger partial charge is 0.0483 e. The minimum atomic E-state index is 0.788. The Morgan fingerprint density at radius 1 is 1.15 bits per heavy atom. The number of benzene rings is 1. The molecule has 0 aliphatic carbocycles. The lowest BCUT2D eigenvalue weighted by Gasteiger charge is -2.14. The van der Waals surface area contributed by atoms with E-state index in [1.165, 1.54) is 35.7 Å². The molecule has 2 rings (SSSR count). The van der Waals surface area contributed by atoms with Gasteiger partial charge in [0.25, 0.3) is 0 Å². The maximum Gasteiger partial charge on any atom is 0.0483 e. The average molecular weight is 272 g/mol. The molecule has 0 saturated heterocycles. The van der Waals surface area contributed by atoms with E-state index in [4.69, 9.17) is 0 Å². The van der Waals surface area contributed by atoms with Crippen LogP contribution in [-0.2, 0) is 13.0 Å². The second-order valence-electron chi connectivity index (χ2n) is 5.71. The second-order valence-corrected chi connectivity index (χ2v) is 5.71. The zero-order valence-electron chi connectivity index (χ0n) is 13.2. The highest BCUT2D eigenvalue weighted by atomic mass is 15.0. The summed E-state index contributed by atoms with van der Waals surface area (Å²) in [5.41, 5.74) is 2.90. The van der Waals surface area contributed by atoms with Crippen molar-refractivity contribution in [3.05, 3.63) is 36.0 Å². The van der Waals surface area contributed by atoms with Gasteiger partial charge < -0.3 is 9.88 Å². The molecule has 2 nitrogen and oxygen atoms in total. The van der Waals surface area contributed by atoms with Crippen LogP contribution >= 0.6 is 0 Å². The van der Waals surface area contributed by atoms with Crippen LogP contribution in [0.3, 0.4) is 0 Å². The number of nitrogens with one attached hydrogen (secondary N) is 1. The van der Waals surface area contributed by atoms with E-state index < -0.39 is 0 Å². The van der Waals surface area contributed by atoms with E-state index >= 15 is 0 Å². The molecule has 110 valence electrons. The molecule has 2 aromatic rings. The van der Waals surface area contributed by atoms with Crippen molar-refractivity contribution in [2.45, 2.75) is 46.1 Å². The molecule has 0 aliphatic heterocycles. The minimum Gasteiger partial charge on any atom is -0.347 e. The van der Waals surface area contributed by atoms with Gasteiger partial charge in [0.2, 0.25) is 0 Å². The molecule has 0 spiro atoms. The van der Waals surface area contributed by atoms with Crippen LogP contribution in [0.2, 0.25) is 0 Å². The van der Waals surface area contributed by atoms with Crippen molar-refractivity contribution in [3.8, 4) is 0 Å². The predicted octanol–water partition coefficient (Wildman–Crippen LogP) is 4.23. The molecule has 2 heteroatoms. The number of nitrogens with zero attached hydrogens (tertiary/aromatic N) is 1. The maximum absolute atomic E-state index is 3.24. The van der Waals surface area contributed by atoms with Crippen molar-refractivity contribution in [3.63, 3.8) is 0 Å². The third kappa shape index (κ3) is 3.43. The van der Waals surface area contributed by atoms with Crippen LogP contribution in [0.5, 0.6) is 0 Å². The van der Waals surface area contributed by atoms with Gasteiger partial charge in [0.15, 0.2) is 0 Å². The first-order chi connectivity index (χ1) is 9.80. The van der Waals surface area contributed by atoms with Crippen LogP contribution in [0, 0.1) is 5.92 Å². The zero-order valence-corrected chi connectivity index (χ0v) is 13.2. The van der Waals surface area contributed by atoms with E-state index in [2.05, 4.69) is 54.2 Å². The van der Waals surface area contributed by atoms with Crippen molar-refractivity contribution < 1.29 is 0 Å². The molecule has 20 heavy (non-hydrogen) atoms. The lowest BCUT2D eigenvalue weighted by molar-refractivity contribution is 0.425. The highest BCUT2D eigenvalue weighted by Crippen LogP contribution is 2.24. The topological polar surface area (TPSA) is 17.0 Å². The van der Waals surface area contributed by atoms with Gasteiger partial charge in [0, 0.05) is 23.6 Å². The van der Waals surface area contributed by atoms with Gasteiger partial charge in [-0.1, -0.05) is 44.9 Å². The third-order valence-corrected chi connectivity index (χ3v) is 4.35. The van der Waals surface area contributed by atoms with Gasteiger partial charge in [0.1, 0.15) is 0 Å². The van der Waals surface area contributed by atoms with E-state index in [0.29, 0.717) is 0 Å². The van der Waals surface area contributed by atoms with Gasteiger partial charge in [-0.15, -0.1) is 0 Å². The molecule has 0 radical (unpaired) electrons. The van der Waals surface area contributed by atoms with E-state index in [-0.39, 0.29) is 0 Å². The Balaban J connectivity index is 2.25. The molecule has 1 N–H and O–H groups in total. The van der Waals surface area contributed by atoms with Crippen LogP contribution < -0.4 is 5.32 Å². The number of rotatable bonds is 8. The third-order valence-electron chi connectivity index (χ3n) is 4.35. The van der Waals surface area contributed by atoms with Crippen molar-refractivity contribution in [1.82, 2.24) is 9.88 Å². The summed E-state index contributed by atoms with van der Waals surface area (Å²) in [6.07, 6.45) is 7.28. The molecular weight excluding hydrogens is 244 g/mol. The van der Waals surface area contributed by atoms with Crippen LogP contribution in [0.25, 0.3) is 10.9 Å². The summed E-state index contributed by atoms with van der Waals surface area (Å²) in [4.78, 5) is 0. The van der Waals surface area contributed by atoms with Crippen LogP contribution in [0.1, 0.15) is 38.7 Å². The van der Waals surface area contributed by atoms with Crippen molar-refractivity contribution in [2.75, 3.05) is 13.6 Å². The molecule has 1 aromatic heterocycles. The van der Waals surface area contributed by atoms with Gasteiger partial charge in [0.05, 0.1) is 0 Å². The number of para-hydroxylation sites is 1. The van der Waals surface area contributed by atoms with Gasteiger partial charge in [-0.05, 0) is 44.0 Å². The second kappa shape index (κ2) is 7.49. The van der Waals surface area contributed by atoms with E-state index in [1.54, 1.807) is 0 Å². The summed E-state index contributed by atoms with van der Waals surface area (Å²) in [6.45, 7) is 6.84. The molecule has 0 aliphatic rings. The molecular formula is C18H28N2. The Morgan fingerprint density at radius 2 is 1.90 bits per heavy atom. The lowest BCUT2D eigenvalue weighted by atomic mass is 10.0. The Bertz CT molecular complexity index is 523. The van der Waals surface area contributed by atoms with E-state index in [1.807, 2.05) is 7.05 Å². The summed E-state index contributed by atoms with van der Waals surface area (Å²) >= 11 is 0. The zero-order chi connectivity index (χ0) is 14.4. The fraction of sp³-hybridized carbons (Fsp3) is 0.556. The Labute approximate surface area is 123 Å². The number of aryl methyl sites for hydroxylation is 1. The molecule has 0 fully saturated rings. The van der Waals surface area contributed by atoms with Crippen molar-refractivity contribution in [2.24, 2.45) is 5.92 Å². The standard InChI is InChI=1S/C18H28N2/c1-4-15(5-2)13-20-14-16(9-8-12-19-3)17-10-6-7-11-18(17)20/h6-7,10-11,14-15,19H,4-5,8-9,12-13H2,1-3H3. The van der Waals surface area contributed by atoms with E-state index in [9.17, 15) is 0 Å². The van der Waals surface area contributed by atoms with E-state index in [0.717, 1.165) is 25.4 Å². The fourth-order valence-corrected chi connectivity index (χ4v) is 2.95. The number of aromatic nitrogens is 1. The summed E-state index contributed by atoms with van der Waals surface area (Å²) in [6, 6.07) is 8.85. The summed E-state index contributed by atoms with van der Waals surface area (Å²) in [5.74, 6) is 0.788. The SMILES string of the molecule is CCC(CC)Cn1cc(CCCNC)c2ccccc21. The summed E-state index contributed by atoms with van der Waals surface area (Å²) in [5, 5.41) is 4.68. The van der Waals surface area contributed by atoms with Gasteiger partial charge in [-0.3, -0.25) is 0 Å². The van der Waals surface area contributed by atoms with Gasteiger partial charge >= 0.3 is 0 Å². The molecule has 1 aromatic carbocycles. The minimum absolute atomic E-state index is 0.788. The normalized spacial score (nSPS) is 11.6. The Kier molecular flexibility index (Phi) is 5.66. The number of fused-ring (bicyclic) bond motifs is 1. The highest BCUT2D eigenvalue weighted by molar-refractivity contribution is 5.84. The van der Waals surface area contributed by atoms with Crippen LogP contribution in [0.15, 0.2) is 30.5 Å². The Morgan fingerprint density at radius 3 is 2.60 bits per heavy atom. The fourth-order valence-electron chi connectivity index (χ4n) is 2.95. The largest absolute Gasteiger partial charge is 0.347 e. The first-order valence-electron chi connectivity index (χ1n) is 8.01. The van der Waals surface area contributed by atoms with Crippen molar-refractivity contribution >= 4 is 10.9 Å². The predicted molar refractivity (Wildman–Crippen MR) is 88.3 cm³/mol. The first-order valence-corrected chi connectivity index (χ1v) is 8.01. The van der Waals surface area contributed by atoms with Crippen molar-refractivity contribution in [1.29, 1.82) is 0 Å². The van der Waals surface area contributed by atoms with Crippen LogP contribution in [-0.4, -0.2) is 18.2 Å². The molecule has 0 atom stereocenters. The quantitative estimate of drug-likeness (QED) is 0.712.